The van der Waals surface area contributed by atoms with Gasteiger partial charge in [0.2, 0.25) is 0 Å². The topological polar surface area (TPSA) is 0 Å². The van der Waals surface area contributed by atoms with Gasteiger partial charge in [0.25, 0.3) is 0 Å². The average molecular weight is 182 g/mol. The summed E-state index contributed by atoms with van der Waals surface area (Å²) in [6.07, 6.45) is 13.3. The zero-order chi connectivity index (χ0) is 9.52. The van der Waals surface area contributed by atoms with E-state index in [0.29, 0.717) is 0 Å². The summed E-state index contributed by atoms with van der Waals surface area (Å²) in [4.78, 5) is 0. The molecule has 0 heteroatoms. The third kappa shape index (κ3) is 3.70. The first kappa shape index (κ1) is 11.1. The molecule has 1 saturated carbocycles. The molecular formula is C13H26. The van der Waals surface area contributed by atoms with Crippen LogP contribution in [0, 0.1) is 11.8 Å². The Kier molecular flexibility index (Phi) is 5.50. The molecule has 13 heavy (non-hydrogen) atoms. The third-order valence-corrected chi connectivity index (χ3v) is 3.77. The standard InChI is InChI=1S/C13H26/c1-3-5-6-9-12(4-2)13-10-7-8-11-13/h12-13H,3-11H2,1-2H3. The second-order valence-corrected chi connectivity index (χ2v) is 4.71. The Bertz CT molecular complexity index is 111. The summed E-state index contributed by atoms with van der Waals surface area (Å²) in [5, 5.41) is 0. The largest absolute Gasteiger partial charge is 0.0654 e. The highest BCUT2D eigenvalue weighted by molar-refractivity contribution is 4.74. The molecule has 0 aliphatic heterocycles. The molecule has 1 unspecified atom stereocenters. The maximum absolute atomic E-state index is 2.38. The molecule has 0 N–H and O–H groups in total. The predicted octanol–water partition coefficient (Wildman–Crippen LogP) is 4.78. The highest BCUT2D eigenvalue weighted by Gasteiger charge is 2.22. The van der Waals surface area contributed by atoms with Crippen LogP contribution in [-0.4, -0.2) is 0 Å². The normalized spacial score (nSPS) is 20.8. The molecule has 1 aliphatic rings. The lowest BCUT2D eigenvalue weighted by Gasteiger charge is -2.21. The molecule has 78 valence electrons. The number of unbranched alkanes of at least 4 members (excludes halogenated alkanes) is 2. The van der Waals surface area contributed by atoms with Crippen LogP contribution in [0.25, 0.3) is 0 Å². The van der Waals surface area contributed by atoms with Crippen molar-refractivity contribution in [3.8, 4) is 0 Å². The first-order valence-corrected chi connectivity index (χ1v) is 6.38. The van der Waals surface area contributed by atoms with Gasteiger partial charge in [-0.15, -0.1) is 0 Å². The zero-order valence-electron chi connectivity index (χ0n) is 9.52. The Morgan fingerprint density at radius 3 is 2.31 bits per heavy atom. The van der Waals surface area contributed by atoms with Crippen LogP contribution in [-0.2, 0) is 0 Å². The highest BCUT2D eigenvalue weighted by Crippen LogP contribution is 2.35. The van der Waals surface area contributed by atoms with E-state index in [9.17, 15) is 0 Å². The summed E-state index contributed by atoms with van der Waals surface area (Å²) in [5.74, 6) is 2.16. The van der Waals surface area contributed by atoms with Crippen LogP contribution in [0.4, 0.5) is 0 Å². The Balaban J connectivity index is 2.16. The van der Waals surface area contributed by atoms with Crippen LogP contribution < -0.4 is 0 Å². The van der Waals surface area contributed by atoms with Crippen molar-refractivity contribution in [2.45, 2.75) is 71.6 Å². The minimum atomic E-state index is 1.06. The van der Waals surface area contributed by atoms with Gasteiger partial charge in [-0.25, -0.2) is 0 Å². The smallest absolute Gasteiger partial charge is 0.0386 e. The molecule has 1 aliphatic carbocycles. The SMILES string of the molecule is CCCCCC(CC)C1CCCC1. The first-order chi connectivity index (χ1) is 6.38. The fourth-order valence-electron chi connectivity index (χ4n) is 2.86. The van der Waals surface area contributed by atoms with Crippen LogP contribution in [0.2, 0.25) is 0 Å². The summed E-state index contributed by atoms with van der Waals surface area (Å²) in [7, 11) is 0. The molecule has 1 fully saturated rings. The summed E-state index contributed by atoms with van der Waals surface area (Å²) in [5.41, 5.74) is 0. The van der Waals surface area contributed by atoms with Gasteiger partial charge in [-0.2, -0.15) is 0 Å². The summed E-state index contributed by atoms with van der Waals surface area (Å²) in [6.45, 7) is 4.69. The lowest BCUT2D eigenvalue weighted by atomic mass is 9.85. The van der Waals surface area contributed by atoms with Crippen LogP contribution in [0.3, 0.4) is 0 Å². The number of rotatable bonds is 6. The molecule has 0 radical (unpaired) electrons. The van der Waals surface area contributed by atoms with E-state index in [0.717, 1.165) is 11.8 Å². The Labute approximate surface area is 84.1 Å². The fourth-order valence-corrected chi connectivity index (χ4v) is 2.86. The molecule has 0 aromatic carbocycles. The van der Waals surface area contributed by atoms with Gasteiger partial charge in [0.05, 0.1) is 0 Å². The lowest BCUT2D eigenvalue weighted by Crippen LogP contribution is -2.10. The molecule has 0 saturated heterocycles. The molecule has 0 aromatic heterocycles. The minimum absolute atomic E-state index is 1.06. The monoisotopic (exact) mass is 182 g/mol. The molecule has 0 amide bonds. The van der Waals surface area contributed by atoms with Crippen LogP contribution in [0.15, 0.2) is 0 Å². The summed E-state index contributed by atoms with van der Waals surface area (Å²) < 4.78 is 0. The molecular weight excluding hydrogens is 156 g/mol. The van der Waals surface area contributed by atoms with E-state index in [1.807, 2.05) is 0 Å². The Morgan fingerprint density at radius 1 is 1.08 bits per heavy atom. The number of hydrogen-bond acceptors (Lipinski definition) is 0. The second kappa shape index (κ2) is 6.45. The van der Waals surface area contributed by atoms with Crippen molar-refractivity contribution in [1.29, 1.82) is 0 Å². The molecule has 0 nitrogen and oxygen atoms in total. The van der Waals surface area contributed by atoms with Crippen molar-refractivity contribution in [1.82, 2.24) is 0 Å². The molecule has 1 rings (SSSR count). The van der Waals surface area contributed by atoms with Gasteiger partial charge in [-0.3, -0.25) is 0 Å². The van der Waals surface area contributed by atoms with Crippen molar-refractivity contribution >= 4 is 0 Å². The van der Waals surface area contributed by atoms with Crippen molar-refractivity contribution in [3.05, 3.63) is 0 Å². The van der Waals surface area contributed by atoms with Gasteiger partial charge < -0.3 is 0 Å². The van der Waals surface area contributed by atoms with E-state index in [2.05, 4.69) is 13.8 Å². The molecule has 0 spiro atoms. The predicted molar refractivity (Wildman–Crippen MR) is 59.9 cm³/mol. The van der Waals surface area contributed by atoms with Gasteiger partial charge >= 0.3 is 0 Å². The van der Waals surface area contributed by atoms with Crippen molar-refractivity contribution in [3.63, 3.8) is 0 Å². The van der Waals surface area contributed by atoms with Gasteiger partial charge in [-0.1, -0.05) is 71.6 Å². The Hall–Kier alpha value is 0. The van der Waals surface area contributed by atoms with Gasteiger partial charge in [-0.05, 0) is 11.8 Å². The molecule has 0 bridgehead atoms. The van der Waals surface area contributed by atoms with E-state index >= 15 is 0 Å². The first-order valence-electron chi connectivity index (χ1n) is 6.38. The van der Waals surface area contributed by atoms with E-state index in [-0.39, 0.29) is 0 Å². The van der Waals surface area contributed by atoms with Gasteiger partial charge in [0, 0.05) is 0 Å². The summed E-state index contributed by atoms with van der Waals surface area (Å²) in [6, 6.07) is 0. The van der Waals surface area contributed by atoms with E-state index in [4.69, 9.17) is 0 Å². The molecule has 0 heterocycles. The highest BCUT2D eigenvalue weighted by atomic mass is 14.3. The van der Waals surface area contributed by atoms with Crippen molar-refractivity contribution in [2.75, 3.05) is 0 Å². The van der Waals surface area contributed by atoms with Gasteiger partial charge in [0.1, 0.15) is 0 Å². The lowest BCUT2D eigenvalue weighted by molar-refractivity contribution is 0.300. The van der Waals surface area contributed by atoms with E-state index in [1.54, 1.807) is 0 Å². The maximum atomic E-state index is 2.38. The van der Waals surface area contributed by atoms with Crippen LogP contribution >= 0.6 is 0 Å². The summed E-state index contributed by atoms with van der Waals surface area (Å²) >= 11 is 0. The quantitative estimate of drug-likeness (QED) is 0.518. The molecule has 1 atom stereocenters. The Morgan fingerprint density at radius 2 is 1.77 bits per heavy atom. The zero-order valence-corrected chi connectivity index (χ0v) is 9.52. The number of hydrogen-bond donors (Lipinski definition) is 0. The van der Waals surface area contributed by atoms with Gasteiger partial charge in [0.15, 0.2) is 0 Å². The second-order valence-electron chi connectivity index (χ2n) is 4.71. The third-order valence-electron chi connectivity index (χ3n) is 3.77. The van der Waals surface area contributed by atoms with E-state index < -0.39 is 0 Å². The molecule has 0 aromatic rings. The van der Waals surface area contributed by atoms with E-state index in [1.165, 1.54) is 57.8 Å². The fraction of sp³-hybridized carbons (Fsp3) is 1.00. The minimum Gasteiger partial charge on any atom is -0.0654 e. The van der Waals surface area contributed by atoms with Crippen molar-refractivity contribution < 1.29 is 0 Å². The maximum Gasteiger partial charge on any atom is -0.0386 e. The van der Waals surface area contributed by atoms with Crippen LogP contribution in [0.5, 0.6) is 0 Å². The van der Waals surface area contributed by atoms with Crippen LogP contribution in [0.1, 0.15) is 71.6 Å². The average Bonchev–Trinajstić information content (AvgIpc) is 2.65. The van der Waals surface area contributed by atoms with Crippen molar-refractivity contribution in [2.24, 2.45) is 11.8 Å².